The molecule has 0 saturated carbocycles. The maximum atomic E-state index is 11.0. The molecule has 1 atom stereocenters. The van der Waals surface area contributed by atoms with Crippen LogP contribution in [0.5, 0.6) is 0 Å². The van der Waals surface area contributed by atoms with Gasteiger partial charge in [0, 0.05) is 17.6 Å². The number of carbonyl (C=O) groups is 1. The van der Waals surface area contributed by atoms with Crippen LogP contribution < -0.4 is 0 Å². The Bertz CT molecular complexity index is 424. The first-order valence-corrected chi connectivity index (χ1v) is 6.18. The Balaban J connectivity index is 2.08. The quantitative estimate of drug-likeness (QED) is 0.596. The molecule has 1 unspecified atom stereocenters. The molecule has 1 aromatic carbocycles. The lowest BCUT2D eigenvalue weighted by molar-refractivity contribution is -0.119. The molecule has 1 heterocycles. The van der Waals surface area contributed by atoms with E-state index in [9.17, 15) is 4.79 Å². The summed E-state index contributed by atoms with van der Waals surface area (Å²) in [6, 6.07) is 8.12. The molecule has 0 aromatic heterocycles. The van der Waals surface area contributed by atoms with Crippen LogP contribution in [0.2, 0.25) is 5.02 Å². The molecule has 90 valence electrons. The third-order valence-electron chi connectivity index (χ3n) is 3.20. The van der Waals surface area contributed by atoms with Crippen LogP contribution >= 0.6 is 11.6 Å². The van der Waals surface area contributed by atoms with Gasteiger partial charge in [0.15, 0.2) is 0 Å². The van der Waals surface area contributed by atoms with E-state index in [2.05, 4.69) is 13.0 Å². The molecule has 0 fully saturated rings. The first-order valence-electron chi connectivity index (χ1n) is 5.80. The Morgan fingerprint density at radius 3 is 2.76 bits per heavy atom. The van der Waals surface area contributed by atoms with Crippen molar-refractivity contribution in [1.82, 2.24) is 4.90 Å². The van der Waals surface area contributed by atoms with Gasteiger partial charge in [-0.3, -0.25) is 4.79 Å². The van der Waals surface area contributed by atoms with Gasteiger partial charge in [0.1, 0.15) is 0 Å². The highest BCUT2D eigenvalue weighted by Crippen LogP contribution is 2.20. The van der Waals surface area contributed by atoms with E-state index >= 15 is 0 Å². The zero-order chi connectivity index (χ0) is 12.3. The number of rotatable bonds is 3. The van der Waals surface area contributed by atoms with Crippen molar-refractivity contribution in [3.8, 4) is 0 Å². The number of hydrogen-bond acceptors (Lipinski definition) is 1. The molecule has 0 aliphatic carbocycles. The highest BCUT2D eigenvalue weighted by atomic mass is 35.5. The average molecular weight is 250 g/mol. The predicted octanol–water partition coefficient (Wildman–Crippen LogP) is 3.06. The van der Waals surface area contributed by atoms with Gasteiger partial charge in [0.2, 0.25) is 6.41 Å². The van der Waals surface area contributed by atoms with E-state index in [1.165, 1.54) is 11.1 Å². The summed E-state index contributed by atoms with van der Waals surface area (Å²) >= 11 is 5.86. The summed E-state index contributed by atoms with van der Waals surface area (Å²) in [5.41, 5.74) is 2.59. The summed E-state index contributed by atoms with van der Waals surface area (Å²) in [5, 5.41) is 0.751. The van der Waals surface area contributed by atoms with Crippen molar-refractivity contribution in [3.05, 3.63) is 46.5 Å². The number of carbonyl (C=O) groups excluding carboxylic acids is 1. The first-order chi connectivity index (χ1) is 8.19. The van der Waals surface area contributed by atoms with Crippen LogP contribution in [-0.2, 0) is 11.2 Å². The Kier molecular flexibility index (Phi) is 3.85. The number of hydrogen-bond donors (Lipinski definition) is 0. The van der Waals surface area contributed by atoms with Crippen molar-refractivity contribution in [2.45, 2.75) is 25.8 Å². The fourth-order valence-electron chi connectivity index (χ4n) is 2.19. The molecule has 1 aliphatic heterocycles. The number of amides is 1. The van der Waals surface area contributed by atoms with Crippen LogP contribution in [0.15, 0.2) is 35.9 Å². The lowest BCUT2D eigenvalue weighted by Crippen LogP contribution is -2.38. The smallest absolute Gasteiger partial charge is 0.210 e. The minimum absolute atomic E-state index is 0.277. The van der Waals surface area contributed by atoms with Crippen LogP contribution in [0, 0.1) is 0 Å². The molecular formula is C14H16ClNO. The van der Waals surface area contributed by atoms with Gasteiger partial charge in [-0.05, 0) is 37.5 Å². The summed E-state index contributed by atoms with van der Waals surface area (Å²) in [6.45, 7) is 2.85. The summed E-state index contributed by atoms with van der Waals surface area (Å²) in [4.78, 5) is 12.9. The average Bonchev–Trinajstić information content (AvgIpc) is 2.32. The Morgan fingerprint density at radius 2 is 2.12 bits per heavy atom. The van der Waals surface area contributed by atoms with E-state index < -0.39 is 0 Å². The highest BCUT2D eigenvalue weighted by Gasteiger charge is 2.20. The number of halogens is 1. The van der Waals surface area contributed by atoms with E-state index in [1.807, 2.05) is 29.2 Å². The lowest BCUT2D eigenvalue weighted by atomic mass is 9.95. The summed E-state index contributed by atoms with van der Waals surface area (Å²) in [5.74, 6) is 0. The monoisotopic (exact) mass is 249 g/mol. The molecule has 1 aromatic rings. The predicted molar refractivity (Wildman–Crippen MR) is 70.1 cm³/mol. The first kappa shape index (κ1) is 12.2. The van der Waals surface area contributed by atoms with Gasteiger partial charge in [-0.1, -0.05) is 35.4 Å². The molecule has 2 rings (SSSR count). The molecule has 0 spiro atoms. The molecule has 1 aliphatic rings. The Morgan fingerprint density at radius 1 is 1.41 bits per heavy atom. The van der Waals surface area contributed by atoms with Crippen molar-refractivity contribution in [2.75, 3.05) is 6.54 Å². The molecule has 0 bridgehead atoms. The van der Waals surface area contributed by atoms with Crippen LogP contribution in [0.1, 0.15) is 18.9 Å². The minimum atomic E-state index is 0.277. The van der Waals surface area contributed by atoms with E-state index in [0.29, 0.717) is 0 Å². The fraction of sp³-hybridized carbons (Fsp3) is 0.357. The molecule has 0 saturated heterocycles. The third kappa shape index (κ3) is 3.10. The molecular weight excluding hydrogens is 234 g/mol. The van der Waals surface area contributed by atoms with Crippen LogP contribution in [-0.4, -0.2) is 23.9 Å². The second-order valence-corrected chi connectivity index (χ2v) is 4.98. The van der Waals surface area contributed by atoms with Gasteiger partial charge in [-0.15, -0.1) is 0 Å². The van der Waals surface area contributed by atoms with Crippen molar-refractivity contribution >= 4 is 18.0 Å². The van der Waals surface area contributed by atoms with Gasteiger partial charge < -0.3 is 4.90 Å². The van der Waals surface area contributed by atoms with Crippen LogP contribution in [0.4, 0.5) is 0 Å². The zero-order valence-corrected chi connectivity index (χ0v) is 10.7. The molecule has 0 N–H and O–H groups in total. The van der Waals surface area contributed by atoms with Crippen molar-refractivity contribution in [3.63, 3.8) is 0 Å². The fourth-order valence-corrected chi connectivity index (χ4v) is 2.32. The van der Waals surface area contributed by atoms with Gasteiger partial charge in [-0.2, -0.15) is 0 Å². The summed E-state index contributed by atoms with van der Waals surface area (Å²) < 4.78 is 0. The largest absolute Gasteiger partial charge is 0.338 e. The molecule has 17 heavy (non-hydrogen) atoms. The van der Waals surface area contributed by atoms with Crippen molar-refractivity contribution < 1.29 is 4.79 Å². The van der Waals surface area contributed by atoms with Gasteiger partial charge in [0.25, 0.3) is 0 Å². The molecule has 2 nitrogen and oxygen atoms in total. The topological polar surface area (TPSA) is 20.3 Å². The van der Waals surface area contributed by atoms with E-state index in [-0.39, 0.29) is 6.04 Å². The number of benzene rings is 1. The van der Waals surface area contributed by atoms with Gasteiger partial charge >= 0.3 is 0 Å². The summed E-state index contributed by atoms with van der Waals surface area (Å²) in [6.07, 6.45) is 4.92. The maximum Gasteiger partial charge on any atom is 0.210 e. The van der Waals surface area contributed by atoms with Crippen LogP contribution in [0.25, 0.3) is 0 Å². The van der Waals surface area contributed by atoms with Crippen molar-refractivity contribution in [2.24, 2.45) is 0 Å². The van der Waals surface area contributed by atoms with E-state index in [4.69, 9.17) is 11.6 Å². The van der Waals surface area contributed by atoms with Gasteiger partial charge in [-0.25, -0.2) is 0 Å². The molecule has 1 amide bonds. The Labute approximate surface area is 107 Å². The minimum Gasteiger partial charge on any atom is -0.338 e. The van der Waals surface area contributed by atoms with E-state index in [0.717, 1.165) is 30.8 Å². The zero-order valence-electron chi connectivity index (χ0n) is 9.90. The third-order valence-corrected chi connectivity index (χ3v) is 3.45. The van der Waals surface area contributed by atoms with Crippen molar-refractivity contribution in [1.29, 1.82) is 0 Å². The Hall–Kier alpha value is -1.28. The SMILES string of the molecule is CC1=CCN(C=O)C(Cc2ccc(Cl)cc2)C1. The highest BCUT2D eigenvalue weighted by molar-refractivity contribution is 6.30. The standard InChI is InChI=1S/C14H16ClNO/c1-11-6-7-16(10-17)14(8-11)9-12-2-4-13(15)5-3-12/h2-6,10,14H,7-9H2,1H3. The normalized spacial score (nSPS) is 20.0. The maximum absolute atomic E-state index is 11.0. The molecule has 3 heteroatoms. The number of nitrogens with zero attached hydrogens (tertiary/aromatic N) is 1. The second-order valence-electron chi connectivity index (χ2n) is 4.54. The second kappa shape index (κ2) is 5.37. The van der Waals surface area contributed by atoms with Gasteiger partial charge in [0.05, 0.1) is 0 Å². The summed E-state index contributed by atoms with van der Waals surface area (Å²) in [7, 11) is 0. The molecule has 0 radical (unpaired) electrons. The van der Waals surface area contributed by atoms with Crippen LogP contribution in [0.3, 0.4) is 0 Å². The lowest BCUT2D eigenvalue weighted by Gasteiger charge is -2.31. The van der Waals surface area contributed by atoms with E-state index in [1.54, 1.807) is 0 Å².